The van der Waals surface area contributed by atoms with Gasteiger partial charge in [0.2, 0.25) is 0 Å². The maximum atomic E-state index is 11.9. The molecule has 0 spiro atoms. The van der Waals surface area contributed by atoms with Gasteiger partial charge in [-0.3, -0.25) is 4.79 Å². The van der Waals surface area contributed by atoms with E-state index in [0.717, 1.165) is 6.42 Å². The summed E-state index contributed by atoms with van der Waals surface area (Å²) in [5.74, 6) is 1.05. The van der Waals surface area contributed by atoms with Crippen LogP contribution in [0.5, 0.6) is 0 Å². The first-order valence-electron chi connectivity index (χ1n) is 8.63. The van der Waals surface area contributed by atoms with E-state index in [4.69, 9.17) is 9.26 Å². The van der Waals surface area contributed by atoms with Crippen molar-refractivity contribution in [1.29, 1.82) is 0 Å². The standard InChI is InChI=1S/C21H22N2O3/c1-16-14-20(23-26-16)22-21(24)15-25-13-12-19(17-8-4-2-5-9-17)18-10-6-3-7-11-18/h2-11,14,19H,12-13,15H2,1H3,(H,22,23,24). The maximum absolute atomic E-state index is 11.9. The predicted octanol–water partition coefficient (Wildman–Crippen LogP) is 4.16. The number of hydrogen-bond donors (Lipinski definition) is 1. The van der Waals surface area contributed by atoms with Crippen LogP contribution in [0.15, 0.2) is 71.3 Å². The zero-order valence-corrected chi connectivity index (χ0v) is 14.7. The fourth-order valence-corrected chi connectivity index (χ4v) is 2.87. The maximum Gasteiger partial charge on any atom is 0.251 e. The van der Waals surface area contributed by atoms with E-state index in [1.807, 2.05) is 36.4 Å². The Morgan fingerprint density at radius 2 is 1.69 bits per heavy atom. The second-order valence-corrected chi connectivity index (χ2v) is 6.09. The lowest BCUT2D eigenvalue weighted by molar-refractivity contribution is -0.120. The zero-order chi connectivity index (χ0) is 18.2. The summed E-state index contributed by atoms with van der Waals surface area (Å²) in [5.41, 5.74) is 2.48. The van der Waals surface area contributed by atoms with E-state index in [-0.39, 0.29) is 18.4 Å². The summed E-state index contributed by atoms with van der Waals surface area (Å²) in [6.07, 6.45) is 0.796. The van der Waals surface area contributed by atoms with Crippen molar-refractivity contribution < 1.29 is 14.1 Å². The van der Waals surface area contributed by atoms with E-state index >= 15 is 0 Å². The van der Waals surface area contributed by atoms with Crippen molar-refractivity contribution >= 4 is 11.7 Å². The molecule has 2 aromatic carbocycles. The molecule has 5 nitrogen and oxygen atoms in total. The Kier molecular flexibility index (Phi) is 6.17. The summed E-state index contributed by atoms with van der Waals surface area (Å²) in [6.45, 7) is 2.24. The minimum absolute atomic E-state index is 0.0117. The van der Waals surface area contributed by atoms with Crippen LogP contribution in [0.3, 0.4) is 0 Å². The van der Waals surface area contributed by atoms with Crippen molar-refractivity contribution in [3.8, 4) is 0 Å². The minimum atomic E-state index is -0.241. The topological polar surface area (TPSA) is 64.4 Å². The Labute approximate surface area is 153 Å². The molecule has 0 aliphatic heterocycles. The van der Waals surface area contributed by atoms with Crippen molar-refractivity contribution in [3.63, 3.8) is 0 Å². The predicted molar refractivity (Wildman–Crippen MR) is 100 cm³/mol. The van der Waals surface area contributed by atoms with Gasteiger partial charge in [-0.25, -0.2) is 0 Å². The normalized spacial score (nSPS) is 10.8. The fraction of sp³-hybridized carbons (Fsp3) is 0.238. The van der Waals surface area contributed by atoms with E-state index in [2.05, 4.69) is 34.7 Å². The lowest BCUT2D eigenvalue weighted by Crippen LogP contribution is -2.19. The summed E-state index contributed by atoms with van der Waals surface area (Å²) in [7, 11) is 0. The Morgan fingerprint density at radius 1 is 1.08 bits per heavy atom. The lowest BCUT2D eigenvalue weighted by Gasteiger charge is -2.18. The van der Waals surface area contributed by atoms with Crippen molar-refractivity contribution in [3.05, 3.63) is 83.6 Å². The molecule has 0 bridgehead atoms. The summed E-state index contributed by atoms with van der Waals surface area (Å²) in [5, 5.41) is 6.37. The molecule has 3 rings (SSSR count). The van der Waals surface area contributed by atoms with Crippen LogP contribution in [-0.2, 0) is 9.53 Å². The zero-order valence-electron chi connectivity index (χ0n) is 14.7. The molecule has 26 heavy (non-hydrogen) atoms. The van der Waals surface area contributed by atoms with Gasteiger partial charge >= 0.3 is 0 Å². The van der Waals surface area contributed by atoms with Gasteiger partial charge in [-0.15, -0.1) is 0 Å². The number of carbonyl (C=O) groups excluding carboxylic acids is 1. The van der Waals surface area contributed by atoms with Crippen LogP contribution in [0, 0.1) is 6.92 Å². The van der Waals surface area contributed by atoms with Crippen molar-refractivity contribution in [1.82, 2.24) is 5.16 Å². The molecule has 0 saturated heterocycles. The van der Waals surface area contributed by atoms with Crippen molar-refractivity contribution in [2.45, 2.75) is 19.3 Å². The van der Waals surface area contributed by atoms with Gasteiger partial charge in [0, 0.05) is 18.6 Å². The molecule has 1 amide bonds. The monoisotopic (exact) mass is 350 g/mol. The molecule has 1 heterocycles. The summed E-state index contributed by atoms with van der Waals surface area (Å²) in [6, 6.07) is 22.3. The molecule has 0 fully saturated rings. The Hall–Kier alpha value is -2.92. The van der Waals surface area contributed by atoms with Gasteiger partial charge in [-0.1, -0.05) is 65.8 Å². The van der Waals surface area contributed by atoms with Gasteiger partial charge in [-0.05, 0) is 24.5 Å². The first kappa shape index (κ1) is 17.9. The molecule has 1 aromatic heterocycles. The van der Waals surface area contributed by atoms with Crippen LogP contribution in [0.25, 0.3) is 0 Å². The van der Waals surface area contributed by atoms with Crippen molar-refractivity contribution in [2.75, 3.05) is 18.5 Å². The third kappa shape index (κ3) is 5.04. The average molecular weight is 350 g/mol. The average Bonchev–Trinajstić information content (AvgIpc) is 3.08. The van der Waals surface area contributed by atoms with Crippen LogP contribution in [0.2, 0.25) is 0 Å². The van der Waals surface area contributed by atoms with Crippen LogP contribution in [0.4, 0.5) is 5.82 Å². The fourth-order valence-electron chi connectivity index (χ4n) is 2.87. The Bertz CT molecular complexity index is 776. The molecule has 0 aliphatic carbocycles. The highest BCUT2D eigenvalue weighted by Gasteiger charge is 2.14. The second kappa shape index (κ2) is 8.97. The van der Waals surface area contributed by atoms with Crippen molar-refractivity contribution in [2.24, 2.45) is 0 Å². The summed E-state index contributed by atoms with van der Waals surface area (Å²) < 4.78 is 10.5. The smallest absolute Gasteiger partial charge is 0.251 e. The molecule has 134 valence electrons. The number of amides is 1. The highest BCUT2D eigenvalue weighted by Crippen LogP contribution is 2.27. The highest BCUT2D eigenvalue weighted by molar-refractivity contribution is 5.90. The largest absolute Gasteiger partial charge is 0.372 e. The second-order valence-electron chi connectivity index (χ2n) is 6.09. The first-order valence-corrected chi connectivity index (χ1v) is 8.63. The lowest BCUT2D eigenvalue weighted by atomic mass is 9.89. The van der Waals surface area contributed by atoms with E-state index in [1.54, 1.807) is 13.0 Å². The number of aryl methyl sites for hydroxylation is 1. The molecule has 5 heteroatoms. The SMILES string of the molecule is Cc1cc(NC(=O)COCCC(c2ccccc2)c2ccccc2)no1. The number of carbonyl (C=O) groups is 1. The molecule has 0 unspecified atom stereocenters. The number of benzene rings is 2. The minimum Gasteiger partial charge on any atom is -0.372 e. The number of aromatic nitrogens is 1. The number of hydrogen-bond acceptors (Lipinski definition) is 4. The van der Waals surface area contributed by atoms with E-state index in [1.165, 1.54) is 11.1 Å². The number of ether oxygens (including phenoxy) is 1. The third-order valence-corrected chi connectivity index (χ3v) is 4.08. The third-order valence-electron chi connectivity index (χ3n) is 4.08. The molecular formula is C21H22N2O3. The van der Waals surface area contributed by atoms with Gasteiger partial charge in [0.1, 0.15) is 12.4 Å². The number of nitrogens with zero attached hydrogens (tertiary/aromatic N) is 1. The van der Waals surface area contributed by atoms with E-state index in [9.17, 15) is 4.79 Å². The molecule has 1 N–H and O–H groups in total. The quantitative estimate of drug-likeness (QED) is 0.620. The molecule has 0 radical (unpaired) electrons. The van der Waals surface area contributed by atoms with Crippen LogP contribution >= 0.6 is 0 Å². The van der Waals surface area contributed by atoms with E-state index in [0.29, 0.717) is 18.2 Å². The number of nitrogens with one attached hydrogen (secondary N) is 1. The first-order chi connectivity index (χ1) is 12.7. The van der Waals surface area contributed by atoms with Gasteiger partial charge < -0.3 is 14.6 Å². The molecule has 0 aliphatic rings. The van der Waals surface area contributed by atoms with Gasteiger partial charge in [-0.2, -0.15) is 0 Å². The molecule has 0 saturated carbocycles. The highest BCUT2D eigenvalue weighted by atomic mass is 16.5. The number of anilines is 1. The van der Waals surface area contributed by atoms with Gasteiger partial charge in [0.05, 0.1) is 0 Å². The summed E-state index contributed by atoms with van der Waals surface area (Å²) >= 11 is 0. The van der Waals surface area contributed by atoms with Crippen LogP contribution < -0.4 is 5.32 Å². The Morgan fingerprint density at radius 3 is 2.23 bits per heavy atom. The van der Waals surface area contributed by atoms with Gasteiger partial charge in [0.25, 0.3) is 5.91 Å². The number of rotatable bonds is 8. The van der Waals surface area contributed by atoms with Crippen LogP contribution in [0.1, 0.15) is 29.2 Å². The Balaban J connectivity index is 1.53. The molecular weight excluding hydrogens is 328 g/mol. The van der Waals surface area contributed by atoms with E-state index < -0.39 is 0 Å². The van der Waals surface area contributed by atoms with Gasteiger partial charge in [0.15, 0.2) is 5.82 Å². The molecule has 3 aromatic rings. The summed E-state index contributed by atoms with van der Waals surface area (Å²) in [4.78, 5) is 11.9. The molecule has 0 atom stereocenters. The van der Waals surface area contributed by atoms with Crippen LogP contribution in [-0.4, -0.2) is 24.3 Å².